The Morgan fingerprint density at radius 3 is 2.44 bits per heavy atom. The molecule has 0 aromatic rings. The summed E-state index contributed by atoms with van der Waals surface area (Å²) in [6, 6.07) is 0.567. The molecule has 2 fully saturated rings. The summed E-state index contributed by atoms with van der Waals surface area (Å²) in [5.74, 6) is 2.24. The molecule has 0 amide bonds. The minimum atomic E-state index is -0.356. The van der Waals surface area contributed by atoms with Crippen LogP contribution in [0.2, 0.25) is 0 Å². The molecule has 2 N–H and O–H groups in total. The molecule has 3 heteroatoms. The fourth-order valence-electron chi connectivity index (χ4n) is 3.07. The fraction of sp³-hybridized carbons (Fsp3) is 1.00. The van der Waals surface area contributed by atoms with Crippen molar-refractivity contribution in [1.29, 1.82) is 0 Å². The lowest BCUT2D eigenvalue weighted by atomic mass is 9.79. The molecule has 0 aromatic heterocycles. The van der Waals surface area contributed by atoms with Gasteiger partial charge >= 0.3 is 0 Å². The molecule has 2 aliphatic carbocycles. The number of aliphatic hydroxyl groups excluding tert-OH is 1. The van der Waals surface area contributed by atoms with E-state index in [0.29, 0.717) is 19.2 Å². The third kappa shape index (κ3) is 4.52. The van der Waals surface area contributed by atoms with Crippen molar-refractivity contribution in [2.75, 3.05) is 19.8 Å². The van der Waals surface area contributed by atoms with E-state index in [0.717, 1.165) is 24.4 Å². The van der Waals surface area contributed by atoms with E-state index < -0.39 is 0 Å². The van der Waals surface area contributed by atoms with Crippen LogP contribution in [-0.2, 0) is 4.74 Å². The van der Waals surface area contributed by atoms with E-state index in [9.17, 15) is 5.11 Å². The van der Waals surface area contributed by atoms with Crippen molar-refractivity contribution in [2.45, 2.75) is 58.1 Å². The van der Waals surface area contributed by atoms with Gasteiger partial charge in [0, 0.05) is 19.2 Å². The van der Waals surface area contributed by atoms with Crippen LogP contribution in [0.15, 0.2) is 0 Å². The summed E-state index contributed by atoms with van der Waals surface area (Å²) in [5, 5.41) is 13.4. The third-order valence-corrected chi connectivity index (χ3v) is 4.49. The molecule has 0 bridgehead atoms. The Bertz CT molecular complexity index is 233. The summed E-state index contributed by atoms with van der Waals surface area (Å²) in [5.41, 5.74) is 0. The van der Waals surface area contributed by atoms with Crippen molar-refractivity contribution in [3.8, 4) is 0 Å². The quantitative estimate of drug-likeness (QED) is 0.733. The zero-order valence-corrected chi connectivity index (χ0v) is 11.9. The second-order valence-corrected chi connectivity index (χ2v) is 6.45. The smallest absolute Gasteiger partial charge is 0.0897 e. The summed E-state index contributed by atoms with van der Waals surface area (Å²) in [4.78, 5) is 0. The van der Waals surface area contributed by atoms with Crippen LogP contribution in [0.3, 0.4) is 0 Å². The Morgan fingerprint density at radius 2 is 1.83 bits per heavy atom. The largest absolute Gasteiger partial charge is 0.389 e. The second kappa shape index (κ2) is 6.88. The van der Waals surface area contributed by atoms with E-state index in [-0.39, 0.29) is 6.10 Å². The van der Waals surface area contributed by atoms with E-state index in [1.165, 1.54) is 32.1 Å². The first-order valence-electron chi connectivity index (χ1n) is 7.66. The van der Waals surface area contributed by atoms with E-state index in [2.05, 4.69) is 19.2 Å². The highest BCUT2D eigenvalue weighted by Gasteiger charge is 2.27. The first-order valence-corrected chi connectivity index (χ1v) is 7.66. The van der Waals surface area contributed by atoms with Gasteiger partial charge in [-0.25, -0.2) is 0 Å². The van der Waals surface area contributed by atoms with E-state index >= 15 is 0 Å². The van der Waals surface area contributed by atoms with Crippen LogP contribution in [0.1, 0.15) is 46.0 Å². The highest BCUT2D eigenvalue weighted by atomic mass is 16.5. The standard InChI is InChI=1S/C15H29NO2/c1-11-4-3-5-12(2)15(11)16-8-14(17)10-18-9-13-6-7-13/h11-17H,3-10H2,1-2H3. The zero-order chi connectivity index (χ0) is 13.0. The van der Waals surface area contributed by atoms with Crippen LogP contribution in [0.4, 0.5) is 0 Å². The maximum atomic E-state index is 9.90. The molecule has 3 nitrogen and oxygen atoms in total. The highest BCUT2D eigenvalue weighted by molar-refractivity contribution is 4.84. The SMILES string of the molecule is CC1CCCC(C)C1NCC(O)COCC1CC1. The Labute approximate surface area is 111 Å². The second-order valence-electron chi connectivity index (χ2n) is 6.45. The summed E-state index contributed by atoms with van der Waals surface area (Å²) < 4.78 is 5.52. The van der Waals surface area contributed by atoms with E-state index in [4.69, 9.17) is 4.74 Å². The molecule has 0 heterocycles. The number of aliphatic hydroxyl groups is 1. The maximum Gasteiger partial charge on any atom is 0.0897 e. The Morgan fingerprint density at radius 1 is 1.17 bits per heavy atom. The number of nitrogens with one attached hydrogen (secondary N) is 1. The maximum absolute atomic E-state index is 9.90. The molecule has 106 valence electrons. The van der Waals surface area contributed by atoms with E-state index in [1.807, 2.05) is 0 Å². The minimum Gasteiger partial charge on any atom is -0.389 e. The van der Waals surface area contributed by atoms with Gasteiger partial charge in [-0.05, 0) is 43.4 Å². The molecule has 0 radical (unpaired) electrons. The Balaban J connectivity index is 1.59. The number of hydrogen-bond acceptors (Lipinski definition) is 3. The van der Waals surface area contributed by atoms with Crippen LogP contribution in [0.25, 0.3) is 0 Å². The van der Waals surface area contributed by atoms with Crippen LogP contribution < -0.4 is 5.32 Å². The van der Waals surface area contributed by atoms with Crippen LogP contribution in [-0.4, -0.2) is 37.0 Å². The van der Waals surface area contributed by atoms with Gasteiger partial charge in [0.05, 0.1) is 12.7 Å². The van der Waals surface area contributed by atoms with E-state index in [1.54, 1.807) is 0 Å². The lowest BCUT2D eigenvalue weighted by Gasteiger charge is -2.35. The summed E-state index contributed by atoms with van der Waals surface area (Å²) >= 11 is 0. The first-order chi connectivity index (χ1) is 8.66. The molecular weight excluding hydrogens is 226 g/mol. The highest BCUT2D eigenvalue weighted by Crippen LogP contribution is 2.29. The van der Waals surface area contributed by atoms with Gasteiger partial charge in [-0.1, -0.05) is 20.3 Å². The molecule has 0 aliphatic heterocycles. The average Bonchev–Trinajstić information content (AvgIpc) is 3.12. The summed E-state index contributed by atoms with van der Waals surface area (Å²) in [6.07, 6.45) is 6.25. The molecular formula is C15H29NO2. The van der Waals surface area contributed by atoms with Gasteiger partial charge in [0.2, 0.25) is 0 Å². The van der Waals surface area contributed by atoms with Gasteiger partial charge in [-0.2, -0.15) is 0 Å². The summed E-state index contributed by atoms with van der Waals surface area (Å²) in [7, 11) is 0. The Kier molecular flexibility index (Phi) is 5.46. The molecule has 0 saturated heterocycles. The van der Waals surface area contributed by atoms with Gasteiger partial charge in [0.15, 0.2) is 0 Å². The van der Waals surface area contributed by atoms with Crippen LogP contribution in [0.5, 0.6) is 0 Å². The van der Waals surface area contributed by atoms with Crippen molar-refractivity contribution < 1.29 is 9.84 Å². The van der Waals surface area contributed by atoms with Crippen molar-refractivity contribution in [2.24, 2.45) is 17.8 Å². The van der Waals surface area contributed by atoms with Crippen molar-refractivity contribution in [3.05, 3.63) is 0 Å². The van der Waals surface area contributed by atoms with Gasteiger partial charge in [0.1, 0.15) is 0 Å². The molecule has 3 unspecified atom stereocenters. The predicted molar refractivity (Wildman–Crippen MR) is 73.5 cm³/mol. The Hall–Kier alpha value is -0.120. The van der Waals surface area contributed by atoms with Gasteiger partial charge < -0.3 is 15.2 Å². The van der Waals surface area contributed by atoms with Crippen LogP contribution >= 0.6 is 0 Å². The molecule has 18 heavy (non-hydrogen) atoms. The topological polar surface area (TPSA) is 41.5 Å². The van der Waals surface area contributed by atoms with Gasteiger partial charge in [0.25, 0.3) is 0 Å². The zero-order valence-electron chi connectivity index (χ0n) is 11.9. The molecule has 0 aromatic carbocycles. The third-order valence-electron chi connectivity index (χ3n) is 4.49. The monoisotopic (exact) mass is 255 g/mol. The number of ether oxygens (including phenoxy) is 1. The molecule has 2 aliphatic rings. The van der Waals surface area contributed by atoms with Gasteiger partial charge in [-0.3, -0.25) is 0 Å². The minimum absolute atomic E-state index is 0.356. The fourth-order valence-corrected chi connectivity index (χ4v) is 3.07. The molecule has 2 rings (SSSR count). The molecule has 0 spiro atoms. The van der Waals surface area contributed by atoms with Crippen molar-refractivity contribution in [3.63, 3.8) is 0 Å². The number of rotatable bonds is 7. The van der Waals surface area contributed by atoms with Crippen LogP contribution in [0, 0.1) is 17.8 Å². The lowest BCUT2D eigenvalue weighted by molar-refractivity contribution is 0.0279. The summed E-state index contributed by atoms with van der Waals surface area (Å²) in [6.45, 7) is 6.64. The average molecular weight is 255 g/mol. The molecule has 2 saturated carbocycles. The molecule has 3 atom stereocenters. The first kappa shape index (κ1) is 14.3. The predicted octanol–water partition coefficient (Wildman–Crippen LogP) is 2.19. The van der Waals surface area contributed by atoms with Gasteiger partial charge in [-0.15, -0.1) is 0 Å². The van der Waals surface area contributed by atoms with Crippen molar-refractivity contribution in [1.82, 2.24) is 5.32 Å². The lowest BCUT2D eigenvalue weighted by Crippen LogP contribution is -2.46. The normalized spacial score (nSPS) is 34.5. The number of hydrogen-bond donors (Lipinski definition) is 2. The van der Waals surface area contributed by atoms with Crippen molar-refractivity contribution >= 4 is 0 Å².